The molecule has 5 nitrogen and oxygen atoms in total. The van der Waals surface area contributed by atoms with E-state index in [1.54, 1.807) is 0 Å². The standard InChI is InChI=1S/C14H10ClFN2O3/c15-8-3-7(14(20)21)4-10(5-8)18-13(19)11-6-9(16)1-2-12(11)17/h1-6H,17H2,(H,18,19)(H,20,21). The molecule has 0 saturated heterocycles. The summed E-state index contributed by atoms with van der Waals surface area (Å²) in [5.41, 5.74) is 5.76. The Morgan fingerprint density at radius 3 is 2.57 bits per heavy atom. The van der Waals surface area contributed by atoms with Gasteiger partial charge >= 0.3 is 5.97 Å². The second-order valence-corrected chi connectivity index (χ2v) is 4.66. The number of amides is 1. The Hall–Kier alpha value is -2.60. The normalized spacial score (nSPS) is 10.2. The van der Waals surface area contributed by atoms with E-state index in [0.29, 0.717) is 0 Å². The van der Waals surface area contributed by atoms with Crippen LogP contribution in [0.5, 0.6) is 0 Å². The van der Waals surface area contributed by atoms with Crippen molar-refractivity contribution < 1.29 is 19.1 Å². The van der Waals surface area contributed by atoms with E-state index in [1.807, 2.05) is 0 Å². The maximum Gasteiger partial charge on any atom is 0.335 e. The van der Waals surface area contributed by atoms with Crippen molar-refractivity contribution in [3.8, 4) is 0 Å². The molecule has 4 N–H and O–H groups in total. The number of nitrogen functional groups attached to an aromatic ring is 1. The summed E-state index contributed by atoms with van der Waals surface area (Å²) in [7, 11) is 0. The van der Waals surface area contributed by atoms with Gasteiger partial charge in [-0.3, -0.25) is 4.79 Å². The number of aromatic carboxylic acids is 1. The van der Waals surface area contributed by atoms with Gasteiger partial charge in [0, 0.05) is 16.4 Å². The van der Waals surface area contributed by atoms with Crippen molar-refractivity contribution in [3.05, 3.63) is 58.4 Å². The van der Waals surface area contributed by atoms with E-state index in [1.165, 1.54) is 24.3 Å². The second kappa shape index (κ2) is 5.80. The molecule has 0 bridgehead atoms. The molecule has 2 rings (SSSR count). The predicted octanol–water partition coefficient (Wildman–Crippen LogP) is 3.01. The molecule has 1 amide bonds. The van der Waals surface area contributed by atoms with Crippen molar-refractivity contribution in [1.82, 2.24) is 0 Å². The lowest BCUT2D eigenvalue weighted by Crippen LogP contribution is -2.14. The Kier molecular flexibility index (Phi) is 4.09. The third kappa shape index (κ3) is 3.49. The molecule has 0 unspecified atom stereocenters. The van der Waals surface area contributed by atoms with Gasteiger partial charge in [-0.05, 0) is 36.4 Å². The van der Waals surface area contributed by atoms with Gasteiger partial charge in [0.25, 0.3) is 5.91 Å². The molecule has 0 aliphatic rings. The molecule has 0 atom stereocenters. The first-order valence-electron chi connectivity index (χ1n) is 5.77. The molecule has 108 valence electrons. The van der Waals surface area contributed by atoms with Gasteiger partial charge in [0.1, 0.15) is 5.82 Å². The van der Waals surface area contributed by atoms with Crippen molar-refractivity contribution in [2.45, 2.75) is 0 Å². The van der Waals surface area contributed by atoms with E-state index in [-0.39, 0.29) is 27.5 Å². The molecule has 0 spiro atoms. The number of benzene rings is 2. The zero-order valence-electron chi connectivity index (χ0n) is 10.6. The number of rotatable bonds is 3. The van der Waals surface area contributed by atoms with Crippen molar-refractivity contribution in [2.24, 2.45) is 0 Å². The molecule has 0 aliphatic heterocycles. The van der Waals surface area contributed by atoms with Crippen molar-refractivity contribution in [2.75, 3.05) is 11.1 Å². The quantitative estimate of drug-likeness (QED) is 0.760. The molecule has 2 aromatic carbocycles. The number of carboxylic acids is 1. The molecule has 0 saturated carbocycles. The lowest BCUT2D eigenvalue weighted by molar-refractivity contribution is 0.0696. The molecule has 0 radical (unpaired) electrons. The number of nitrogens with one attached hydrogen (secondary N) is 1. The van der Waals surface area contributed by atoms with Gasteiger partial charge in [0.05, 0.1) is 11.1 Å². The van der Waals surface area contributed by atoms with Crippen molar-refractivity contribution in [3.63, 3.8) is 0 Å². The Balaban J connectivity index is 2.31. The van der Waals surface area contributed by atoms with Crippen LogP contribution in [0, 0.1) is 5.82 Å². The number of carbonyl (C=O) groups excluding carboxylic acids is 1. The summed E-state index contributed by atoms with van der Waals surface area (Å²) >= 11 is 5.78. The van der Waals surface area contributed by atoms with Crippen LogP contribution in [0.1, 0.15) is 20.7 Å². The highest BCUT2D eigenvalue weighted by atomic mass is 35.5. The highest BCUT2D eigenvalue weighted by molar-refractivity contribution is 6.31. The topological polar surface area (TPSA) is 92.4 Å². The number of anilines is 2. The smallest absolute Gasteiger partial charge is 0.335 e. The molecular weight excluding hydrogens is 299 g/mol. The summed E-state index contributed by atoms with van der Waals surface area (Å²) in [5, 5.41) is 11.5. The summed E-state index contributed by atoms with van der Waals surface area (Å²) < 4.78 is 13.1. The molecule has 0 aliphatic carbocycles. The number of nitrogens with two attached hydrogens (primary N) is 1. The highest BCUT2D eigenvalue weighted by Gasteiger charge is 2.13. The fourth-order valence-corrected chi connectivity index (χ4v) is 1.94. The number of halogens is 2. The predicted molar refractivity (Wildman–Crippen MR) is 77.2 cm³/mol. The number of carbonyl (C=O) groups is 2. The lowest BCUT2D eigenvalue weighted by atomic mass is 10.1. The fraction of sp³-hybridized carbons (Fsp3) is 0. The minimum Gasteiger partial charge on any atom is -0.478 e. The first kappa shape index (κ1) is 14.8. The zero-order chi connectivity index (χ0) is 15.6. The molecule has 0 aromatic heterocycles. The Morgan fingerprint density at radius 2 is 1.90 bits per heavy atom. The molecule has 2 aromatic rings. The van der Waals surface area contributed by atoms with Crippen LogP contribution in [0.2, 0.25) is 5.02 Å². The number of hydrogen-bond acceptors (Lipinski definition) is 3. The SMILES string of the molecule is Nc1ccc(F)cc1C(=O)Nc1cc(Cl)cc(C(=O)O)c1. The van der Waals surface area contributed by atoms with E-state index in [2.05, 4.69) is 5.32 Å². The summed E-state index contributed by atoms with van der Waals surface area (Å²) in [6, 6.07) is 7.26. The maximum atomic E-state index is 13.1. The van der Waals surface area contributed by atoms with Crippen LogP contribution >= 0.6 is 11.6 Å². The van der Waals surface area contributed by atoms with E-state index < -0.39 is 17.7 Å². The average Bonchev–Trinajstić information content (AvgIpc) is 2.40. The zero-order valence-corrected chi connectivity index (χ0v) is 11.3. The van der Waals surface area contributed by atoms with Gasteiger partial charge < -0.3 is 16.2 Å². The van der Waals surface area contributed by atoms with E-state index >= 15 is 0 Å². The monoisotopic (exact) mass is 308 g/mol. The largest absolute Gasteiger partial charge is 0.478 e. The van der Waals surface area contributed by atoms with Gasteiger partial charge in [0.2, 0.25) is 0 Å². The third-order valence-electron chi connectivity index (χ3n) is 2.66. The molecular formula is C14H10ClFN2O3. The van der Waals surface area contributed by atoms with Gasteiger partial charge in [-0.25, -0.2) is 9.18 Å². The van der Waals surface area contributed by atoms with Gasteiger partial charge in [-0.1, -0.05) is 11.6 Å². The minimum absolute atomic E-state index is 0.0492. The van der Waals surface area contributed by atoms with E-state index in [9.17, 15) is 14.0 Å². The molecule has 0 heterocycles. The fourth-order valence-electron chi connectivity index (χ4n) is 1.71. The second-order valence-electron chi connectivity index (χ2n) is 4.22. The lowest BCUT2D eigenvalue weighted by Gasteiger charge is -2.09. The minimum atomic E-state index is -1.18. The van der Waals surface area contributed by atoms with Gasteiger partial charge in [-0.15, -0.1) is 0 Å². The summed E-state index contributed by atoms with van der Waals surface area (Å²) in [6.07, 6.45) is 0. The third-order valence-corrected chi connectivity index (χ3v) is 2.88. The van der Waals surface area contributed by atoms with Crippen molar-refractivity contribution >= 4 is 34.9 Å². The maximum absolute atomic E-state index is 13.1. The first-order chi connectivity index (χ1) is 9.86. The number of carboxylic acid groups (broad SMARTS) is 1. The van der Waals surface area contributed by atoms with Crippen LogP contribution in [-0.2, 0) is 0 Å². The van der Waals surface area contributed by atoms with Crippen molar-refractivity contribution in [1.29, 1.82) is 0 Å². The summed E-state index contributed by atoms with van der Waals surface area (Å²) in [4.78, 5) is 23.0. The van der Waals surface area contributed by atoms with Crippen LogP contribution in [0.15, 0.2) is 36.4 Å². The van der Waals surface area contributed by atoms with E-state index in [4.69, 9.17) is 22.4 Å². The molecule has 7 heteroatoms. The molecule has 21 heavy (non-hydrogen) atoms. The van der Waals surface area contributed by atoms with Crippen LogP contribution in [0.25, 0.3) is 0 Å². The number of hydrogen-bond donors (Lipinski definition) is 3. The Bertz CT molecular complexity index is 734. The van der Waals surface area contributed by atoms with Gasteiger partial charge in [0.15, 0.2) is 0 Å². The van der Waals surface area contributed by atoms with Crippen LogP contribution in [0.4, 0.5) is 15.8 Å². The van der Waals surface area contributed by atoms with Crippen LogP contribution < -0.4 is 11.1 Å². The molecule has 0 fully saturated rings. The summed E-state index contributed by atoms with van der Waals surface area (Å²) in [5.74, 6) is -2.45. The van der Waals surface area contributed by atoms with Crippen LogP contribution in [0.3, 0.4) is 0 Å². The summed E-state index contributed by atoms with van der Waals surface area (Å²) in [6.45, 7) is 0. The average molecular weight is 309 g/mol. The Morgan fingerprint density at radius 1 is 1.19 bits per heavy atom. The Labute approximate surface area is 124 Å². The van der Waals surface area contributed by atoms with E-state index in [0.717, 1.165) is 12.1 Å². The first-order valence-corrected chi connectivity index (χ1v) is 6.15. The highest BCUT2D eigenvalue weighted by Crippen LogP contribution is 2.21. The van der Waals surface area contributed by atoms with Gasteiger partial charge in [-0.2, -0.15) is 0 Å². The van der Waals surface area contributed by atoms with Crippen LogP contribution in [-0.4, -0.2) is 17.0 Å².